The van der Waals surface area contributed by atoms with Gasteiger partial charge >= 0.3 is 0 Å². The van der Waals surface area contributed by atoms with E-state index in [9.17, 15) is 4.39 Å². The SMILES string of the molecule is CC(c1ccc(F)cc1)n1c(-c2ccccc2)c[nH]c1=S. The van der Waals surface area contributed by atoms with Gasteiger partial charge in [-0.1, -0.05) is 42.5 Å². The minimum absolute atomic E-state index is 0.0274. The van der Waals surface area contributed by atoms with E-state index < -0.39 is 0 Å². The van der Waals surface area contributed by atoms with Crippen LogP contribution >= 0.6 is 12.2 Å². The second kappa shape index (κ2) is 5.66. The van der Waals surface area contributed by atoms with Crippen LogP contribution in [0.3, 0.4) is 0 Å². The van der Waals surface area contributed by atoms with E-state index in [0.717, 1.165) is 16.8 Å². The van der Waals surface area contributed by atoms with Crippen LogP contribution in [-0.2, 0) is 0 Å². The first-order chi connectivity index (χ1) is 10.2. The number of H-pyrrole nitrogens is 1. The van der Waals surface area contributed by atoms with Gasteiger partial charge in [0.2, 0.25) is 0 Å². The van der Waals surface area contributed by atoms with E-state index in [2.05, 4.69) is 16.5 Å². The summed E-state index contributed by atoms with van der Waals surface area (Å²) >= 11 is 5.41. The molecule has 0 bridgehead atoms. The van der Waals surface area contributed by atoms with Gasteiger partial charge in [-0.3, -0.25) is 0 Å². The molecule has 0 fully saturated rings. The molecule has 1 heterocycles. The lowest BCUT2D eigenvalue weighted by atomic mass is 10.1. The summed E-state index contributed by atoms with van der Waals surface area (Å²) in [5.74, 6) is -0.230. The molecule has 2 nitrogen and oxygen atoms in total. The quantitative estimate of drug-likeness (QED) is 0.678. The van der Waals surface area contributed by atoms with Crippen LogP contribution in [0.25, 0.3) is 11.3 Å². The number of benzene rings is 2. The first kappa shape index (κ1) is 13.8. The van der Waals surface area contributed by atoms with Crippen molar-refractivity contribution in [3.63, 3.8) is 0 Å². The summed E-state index contributed by atoms with van der Waals surface area (Å²) in [6, 6.07) is 16.6. The van der Waals surface area contributed by atoms with Crippen molar-refractivity contribution in [2.75, 3.05) is 0 Å². The van der Waals surface area contributed by atoms with Crippen molar-refractivity contribution >= 4 is 12.2 Å². The fraction of sp³-hybridized carbons (Fsp3) is 0.118. The number of halogens is 1. The highest BCUT2D eigenvalue weighted by atomic mass is 32.1. The van der Waals surface area contributed by atoms with Crippen molar-refractivity contribution in [3.05, 3.63) is 76.9 Å². The number of aromatic nitrogens is 2. The molecule has 0 aliphatic rings. The van der Waals surface area contributed by atoms with Crippen LogP contribution < -0.4 is 0 Å². The van der Waals surface area contributed by atoms with E-state index in [0.29, 0.717) is 4.77 Å². The Morgan fingerprint density at radius 2 is 1.71 bits per heavy atom. The summed E-state index contributed by atoms with van der Waals surface area (Å²) in [7, 11) is 0. The fourth-order valence-electron chi connectivity index (χ4n) is 2.48. The molecular formula is C17H15FN2S. The van der Waals surface area contributed by atoms with Crippen molar-refractivity contribution in [1.82, 2.24) is 9.55 Å². The molecule has 1 atom stereocenters. The molecule has 3 rings (SSSR count). The third kappa shape index (κ3) is 2.67. The molecule has 21 heavy (non-hydrogen) atoms. The topological polar surface area (TPSA) is 20.7 Å². The molecule has 4 heteroatoms. The number of imidazole rings is 1. The lowest BCUT2D eigenvalue weighted by molar-refractivity contribution is 0.614. The molecular weight excluding hydrogens is 283 g/mol. The second-order valence-electron chi connectivity index (χ2n) is 4.94. The van der Waals surface area contributed by atoms with Crippen molar-refractivity contribution < 1.29 is 4.39 Å². The number of nitrogens with zero attached hydrogens (tertiary/aromatic N) is 1. The highest BCUT2D eigenvalue weighted by molar-refractivity contribution is 7.71. The normalized spacial score (nSPS) is 12.3. The second-order valence-corrected chi connectivity index (χ2v) is 5.33. The fourth-order valence-corrected chi connectivity index (χ4v) is 2.80. The van der Waals surface area contributed by atoms with Crippen molar-refractivity contribution in [1.29, 1.82) is 0 Å². The molecule has 1 aromatic heterocycles. The smallest absolute Gasteiger partial charge is 0.178 e. The zero-order valence-electron chi connectivity index (χ0n) is 11.6. The van der Waals surface area contributed by atoms with Crippen molar-refractivity contribution in [2.45, 2.75) is 13.0 Å². The van der Waals surface area contributed by atoms with Crippen LogP contribution in [0.5, 0.6) is 0 Å². The molecule has 2 aromatic carbocycles. The lowest BCUT2D eigenvalue weighted by Crippen LogP contribution is -2.08. The maximum absolute atomic E-state index is 13.1. The third-order valence-corrected chi connectivity index (χ3v) is 3.93. The monoisotopic (exact) mass is 298 g/mol. The third-order valence-electron chi connectivity index (χ3n) is 3.62. The lowest BCUT2D eigenvalue weighted by Gasteiger charge is -2.17. The Morgan fingerprint density at radius 3 is 2.38 bits per heavy atom. The zero-order valence-corrected chi connectivity index (χ0v) is 12.4. The molecule has 0 saturated heterocycles. The predicted molar refractivity (Wildman–Crippen MR) is 85.3 cm³/mol. The van der Waals surface area contributed by atoms with Gasteiger partial charge in [0.25, 0.3) is 0 Å². The average Bonchev–Trinajstić information content (AvgIpc) is 2.90. The Labute approximate surface area is 127 Å². The Kier molecular flexibility index (Phi) is 3.71. The van der Waals surface area contributed by atoms with E-state index in [1.165, 1.54) is 12.1 Å². The molecule has 1 N–H and O–H groups in total. The van der Waals surface area contributed by atoms with Crippen LogP contribution in [0, 0.1) is 10.6 Å². The van der Waals surface area contributed by atoms with Gasteiger partial charge < -0.3 is 9.55 Å². The van der Waals surface area contributed by atoms with Crippen LogP contribution in [0.2, 0.25) is 0 Å². The van der Waals surface area contributed by atoms with E-state index >= 15 is 0 Å². The summed E-state index contributed by atoms with van der Waals surface area (Å²) in [6.45, 7) is 2.06. The summed E-state index contributed by atoms with van der Waals surface area (Å²) < 4.78 is 15.8. The van der Waals surface area contributed by atoms with Crippen LogP contribution in [0.15, 0.2) is 60.8 Å². The van der Waals surface area contributed by atoms with Gasteiger partial charge in [0.05, 0.1) is 11.7 Å². The first-order valence-electron chi connectivity index (χ1n) is 6.77. The number of hydrogen-bond acceptors (Lipinski definition) is 1. The van der Waals surface area contributed by atoms with Gasteiger partial charge in [-0.05, 0) is 42.4 Å². The van der Waals surface area contributed by atoms with Crippen LogP contribution in [-0.4, -0.2) is 9.55 Å². The van der Waals surface area contributed by atoms with Gasteiger partial charge in [0.15, 0.2) is 4.77 Å². The van der Waals surface area contributed by atoms with Gasteiger partial charge in [0, 0.05) is 6.20 Å². The first-order valence-corrected chi connectivity index (χ1v) is 7.18. The van der Waals surface area contributed by atoms with Gasteiger partial charge in [0.1, 0.15) is 5.82 Å². The molecule has 0 saturated carbocycles. The van der Waals surface area contributed by atoms with Gasteiger partial charge in [-0.15, -0.1) is 0 Å². The number of hydrogen-bond donors (Lipinski definition) is 1. The van der Waals surface area contributed by atoms with Gasteiger partial charge in [-0.25, -0.2) is 4.39 Å². The Hall–Kier alpha value is -2.20. The Bertz CT molecular complexity index is 788. The average molecular weight is 298 g/mol. The summed E-state index contributed by atoms with van der Waals surface area (Å²) in [5, 5.41) is 0. The van der Waals surface area contributed by atoms with Crippen LogP contribution in [0.4, 0.5) is 4.39 Å². The number of aromatic amines is 1. The zero-order chi connectivity index (χ0) is 14.8. The maximum Gasteiger partial charge on any atom is 0.178 e. The van der Waals surface area contributed by atoms with Crippen molar-refractivity contribution in [2.24, 2.45) is 0 Å². The van der Waals surface area contributed by atoms with E-state index in [1.807, 2.05) is 36.5 Å². The molecule has 0 aliphatic heterocycles. The Morgan fingerprint density at radius 1 is 1.05 bits per heavy atom. The number of nitrogens with one attached hydrogen (secondary N) is 1. The molecule has 0 spiro atoms. The largest absolute Gasteiger partial charge is 0.337 e. The van der Waals surface area contributed by atoms with E-state index in [4.69, 9.17) is 12.2 Å². The summed E-state index contributed by atoms with van der Waals surface area (Å²) in [4.78, 5) is 3.10. The minimum atomic E-state index is -0.230. The Balaban J connectivity index is 2.08. The van der Waals surface area contributed by atoms with Crippen molar-refractivity contribution in [3.8, 4) is 11.3 Å². The van der Waals surface area contributed by atoms with Crippen LogP contribution in [0.1, 0.15) is 18.5 Å². The molecule has 0 aliphatic carbocycles. The summed E-state index contributed by atoms with van der Waals surface area (Å²) in [6.07, 6.45) is 1.91. The highest BCUT2D eigenvalue weighted by Crippen LogP contribution is 2.27. The molecule has 3 aromatic rings. The summed E-state index contributed by atoms with van der Waals surface area (Å²) in [5.41, 5.74) is 3.14. The maximum atomic E-state index is 13.1. The molecule has 0 amide bonds. The predicted octanol–water partition coefficient (Wildman–Crippen LogP) is 4.96. The van der Waals surface area contributed by atoms with E-state index in [1.54, 1.807) is 12.1 Å². The highest BCUT2D eigenvalue weighted by Gasteiger charge is 2.14. The van der Waals surface area contributed by atoms with E-state index in [-0.39, 0.29) is 11.9 Å². The van der Waals surface area contributed by atoms with Gasteiger partial charge in [-0.2, -0.15) is 0 Å². The minimum Gasteiger partial charge on any atom is -0.337 e. The molecule has 1 unspecified atom stereocenters. The molecule has 0 radical (unpaired) electrons. The molecule has 106 valence electrons. The number of rotatable bonds is 3. The standard InChI is InChI=1S/C17H15FN2S/c1-12(13-7-9-15(18)10-8-13)20-16(11-19-17(20)21)14-5-3-2-4-6-14/h2-12H,1H3,(H,19,21).